The number of carbonyl (C=O) groups excluding carboxylic acids is 1. The summed E-state index contributed by atoms with van der Waals surface area (Å²) in [6.45, 7) is 2.18. The van der Waals surface area contributed by atoms with Gasteiger partial charge in [-0.05, 0) is 12.1 Å². The van der Waals surface area contributed by atoms with E-state index in [1.54, 1.807) is 17.0 Å². The van der Waals surface area contributed by atoms with Gasteiger partial charge < -0.3 is 15.0 Å². The van der Waals surface area contributed by atoms with Crippen molar-refractivity contribution in [1.82, 2.24) is 4.90 Å². The summed E-state index contributed by atoms with van der Waals surface area (Å²) < 4.78 is 4.79. The highest BCUT2D eigenvalue weighted by Crippen LogP contribution is 2.15. The zero-order chi connectivity index (χ0) is 13.0. The average Bonchev–Trinajstić information content (AvgIpc) is 2.76. The Hall–Kier alpha value is -2.31. The molecule has 0 aliphatic carbocycles. The van der Waals surface area contributed by atoms with Crippen LogP contribution < -0.4 is 5.32 Å². The molecule has 18 heavy (non-hydrogen) atoms. The maximum absolute atomic E-state index is 11.1. The number of cyclic esters (lactones) is 1. The first kappa shape index (κ1) is 12.2. The summed E-state index contributed by atoms with van der Waals surface area (Å²) in [5.74, 6) is 0. The molecule has 1 amide bonds. The Balaban J connectivity index is 1.79. The molecule has 1 saturated heterocycles. The molecule has 0 radical (unpaired) electrons. The first-order valence-corrected chi connectivity index (χ1v) is 5.57. The summed E-state index contributed by atoms with van der Waals surface area (Å²) in [6, 6.07) is 6.15. The van der Waals surface area contributed by atoms with Crippen LogP contribution in [0.5, 0.6) is 0 Å². The second-order valence-electron chi connectivity index (χ2n) is 3.83. The molecule has 96 valence electrons. The van der Waals surface area contributed by atoms with Crippen molar-refractivity contribution in [1.29, 1.82) is 0 Å². The Morgan fingerprint density at radius 2 is 2.11 bits per heavy atom. The molecule has 0 spiro atoms. The van der Waals surface area contributed by atoms with Crippen LogP contribution in [0.25, 0.3) is 0 Å². The van der Waals surface area contributed by atoms with Crippen molar-refractivity contribution >= 4 is 17.5 Å². The molecule has 0 saturated carbocycles. The number of non-ortho nitro benzene ring substituents is 1. The summed E-state index contributed by atoms with van der Waals surface area (Å²) in [7, 11) is 0. The Morgan fingerprint density at radius 1 is 1.39 bits per heavy atom. The number of hydrogen-bond acceptors (Lipinski definition) is 5. The highest BCUT2D eigenvalue weighted by atomic mass is 16.6. The van der Waals surface area contributed by atoms with Gasteiger partial charge >= 0.3 is 6.09 Å². The van der Waals surface area contributed by atoms with Crippen LogP contribution in [-0.4, -0.2) is 42.2 Å². The fraction of sp³-hybridized carbons (Fsp3) is 0.364. The molecule has 1 aromatic carbocycles. The van der Waals surface area contributed by atoms with Crippen LogP contribution in [0, 0.1) is 10.1 Å². The second kappa shape index (κ2) is 5.35. The van der Waals surface area contributed by atoms with E-state index in [4.69, 9.17) is 4.74 Å². The van der Waals surface area contributed by atoms with Crippen molar-refractivity contribution < 1.29 is 14.5 Å². The van der Waals surface area contributed by atoms with Crippen molar-refractivity contribution in [3.63, 3.8) is 0 Å². The van der Waals surface area contributed by atoms with E-state index < -0.39 is 4.92 Å². The quantitative estimate of drug-likeness (QED) is 0.632. The molecule has 0 bridgehead atoms. The predicted octanol–water partition coefficient (Wildman–Crippen LogP) is 1.46. The lowest BCUT2D eigenvalue weighted by molar-refractivity contribution is -0.384. The number of nitro groups is 1. The first-order valence-electron chi connectivity index (χ1n) is 5.57. The normalized spacial score (nSPS) is 14.4. The number of nitro benzene ring substituents is 1. The van der Waals surface area contributed by atoms with Gasteiger partial charge in [0.05, 0.1) is 11.5 Å². The van der Waals surface area contributed by atoms with E-state index in [1.807, 2.05) is 0 Å². The van der Waals surface area contributed by atoms with Gasteiger partial charge in [0.2, 0.25) is 0 Å². The largest absolute Gasteiger partial charge is 0.448 e. The molecule has 1 N–H and O–H groups in total. The third-order valence-corrected chi connectivity index (χ3v) is 2.63. The fourth-order valence-corrected chi connectivity index (χ4v) is 1.67. The number of ether oxygens (including phenoxy) is 1. The molecule has 0 unspecified atom stereocenters. The van der Waals surface area contributed by atoms with Gasteiger partial charge in [-0.3, -0.25) is 10.1 Å². The predicted molar refractivity (Wildman–Crippen MR) is 64.5 cm³/mol. The van der Waals surface area contributed by atoms with Crippen LogP contribution in [0.2, 0.25) is 0 Å². The van der Waals surface area contributed by atoms with E-state index in [0.29, 0.717) is 26.2 Å². The Labute approximate surface area is 103 Å². The molecular formula is C11H13N3O4. The maximum atomic E-state index is 11.1. The van der Waals surface area contributed by atoms with Gasteiger partial charge in [-0.15, -0.1) is 0 Å². The van der Waals surface area contributed by atoms with Gasteiger partial charge in [0, 0.05) is 30.9 Å². The molecule has 0 atom stereocenters. The monoisotopic (exact) mass is 251 g/mol. The van der Waals surface area contributed by atoms with Crippen LogP contribution >= 0.6 is 0 Å². The van der Waals surface area contributed by atoms with Crippen molar-refractivity contribution in [2.45, 2.75) is 0 Å². The number of carbonyl (C=O) groups is 1. The molecule has 1 aliphatic heterocycles. The maximum Gasteiger partial charge on any atom is 0.409 e. The Kier molecular flexibility index (Phi) is 3.61. The lowest BCUT2D eigenvalue weighted by Crippen LogP contribution is -2.29. The van der Waals surface area contributed by atoms with E-state index in [-0.39, 0.29) is 11.8 Å². The van der Waals surface area contributed by atoms with Crippen LogP contribution in [0.4, 0.5) is 16.2 Å². The second-order valence-corrected chi connectivity index (χ2v) is 3.83. The molecule has 1 heterocycles. The number of amides is 1. The molecule has 0 aromatic heterocycles. The summed E-state index contributed by atoms with van der Waals surface area (Å²) in [6.07, 6.45) is -0.291. The van der Waals surface area contributed by atoms with Gasteiger partial charge in [0.1, 0.15) is 6.61 Å². The van der Waals surface area contributed by atoms with E-state index in [9.17, 15) is 14.9 Å². The molecule has 7 nitrogen and oxygen atoms in total. The lowest BCUT2D eigenvalue weighted by Gasteiger charge is -2.13. The third-order valence-electron chi connectivity index (χ3n) is 2.63. The number of nitrogens with one attached hydrogen (secondary N) is 1. The minimum Gasteiger partial charge on any atom is -0.448 e. The Bertz CT molecular complexity index is 446. The summed E-state index contributed by atoms with van der Waals surface area (Å²) >= 11 is 0. The summed E-state index contributed by atoms with van der Waals surface area (Å²) in [5, 5.41) is 13.5. The number of nitrogens with zero attached hydrogens (tertiary/aromatic N) is 2. The summed E-state index contributed by atoms with van der Waals surface area (Å²) in [4.78, 5) is 22.8. The topological polar surface area (TPSA) is 84.7 Å². The Morgan fingerprint density at radius 3 is 2.67 bits per heavy atom. The highest BCUT2D eigenvalue weighted by Gasteiger charge is 2.20. The third kappa shape index (κ3) is 2.88. The van der Waals surface area contributed by atoms with Crippen molar-refractivity contribution in [2.75, 3.05) is 31.6 Å². The average molecular weight is 251 g/mol. The smallest absolute Gasteiger partial charge is 0.409 e. The molecule has 7 heteroatoms. The van der Waals surface area contributed by atoms with Crippen molar-refractivity contribution in [3.8, 4) is 0 Å². The SMILES string of the molecule is O=C1OCCN1CCNc1ccc([N+](=O)[O-])cc1. The molecule has 1 aliphatic rings. The number of benzene rings is 1. The zero-order valence-corrected chi connectivity index (χ0v) is 9.67. The van der Waals surface area contributed by atoms with Gasteiger partial charge in [0.15, 0.2) is 0 Å². The minimum atomic E-state index is -0.440. The van der Waals surface area contributed by atoms with Gasteiger partial charge in [-0.1, -0.05) is 0 Å². The lowest BCUT2D eigenvalue weighted by atomic mass is 10.3. The highest BCUT2D eigenvalue weighted by molar-refractivity contribution is 5.69. The van der Waals surface area contributed by atoms with Crippen LogP contribution in [0.15, 0.2) is 24.3 Å². The van der Waals surface area contributed by atoms with Crippen molar-refractivity contribution in [2.24, 2.45) is 0 Å². The van der Waals surface area contributed by atoms with Crippen LogP contribution in [0.3, 0.4) is 0 Å². The van der Waals surface area contributed by atoms with E-state index in [1.165, 1.54) is 12.1 Å². The van der Waals surface area contributed by atoms with Crippen LogP contribution in [0.1, 0.15) is 0 Å². The molecular weight excluding hydrogens is 238 g/mol. The number of anilines is 1. The summed E-state index contributed by atoms with van der Waals surface area (Å²) in [5.41, 5.74) is 0.844. The van der Waals surface area contributed by atoms with Gasteiger partial charge in [-0.25, -0.2) is 4.79 Å². The minimum absolute atomic E-state index is 0.0590. The number of hydrogen-bond donors (Lipinski definition) is 1. The molecule has 1 aromatic rings. The van der Waals surface area contributed by atoms with E-state index in [0.717, 1.165) is 5.69 Å². The number of rotatable bonds is 5. The van der Waals surface area contributed by atoms with E-state index >= 15 is 0 Å². The fourth-order valence-electron chi connectivity index (χ4n) is 1.67. The first-order chi connectivity index (χ1) is 8.66. The molecule has 2 rings (SSSR count). The van der Waals surface area contributed by atoms with Crippen LogP contribution in [-0.2, 0) is 4.74 Å². The van der Waals surface area contributed by atoms with Gasteiger partial charge in [0.25, 0.3) is 5.69 Å². The van der Waals surface area contributed by atoms with E-state index in [2.05, 4.69) is 5.32 Å². The zero-order valence-electron chi connectivity index (χ0n) is 9.67. The standard InChI is InChI=1S/C11H13N3O4/c15-11-13(7-8-18-11)6-5-12-9-1-3-10(4-2-9)14(16)17/h1-4,12H,5-8H2. The van der Waals surface area contributed by atoms with Crippen molar-refractivity contribution in [3.05, 3.63) is 34.4 Å². The van der Waals surface area contributed by atoms with Gasteiger partial charge in [-0.2, -0.15) is 0 Å². The molecule has 1 fully saturated rings.